The molecule has 1 heterocycles. The molecule has 4 N–H and O–H groups in total. The van der Waals surface area contributed by atoms with Gasteiger partial charge in [-0.25, -0.2) is 13.6 Å². The van der Waals surface area contributed by atoms with Crippen LogP contribution in [0.4, 0.5) is 0 Å². The number of nitrogens with two attached hydrogens (primary N) is 1. The van der Waals surface area contributed by atoms with Gasteiger partial charge >= 0.3 is 0 Å². The summed E-state index contributed by atoms with van der Waals surface area (Å²) in [5.41, 5.74) is 0.690. The molecule has 0 saturated carbocycles. The average molecular weight is 405 g/mol. The van der Waals surface area contributed by atoms with Crippen molar-refractivity contribution in [1.29, 1.82) is 5.26 Å². The quantitative estimate of drug-likeness (QED) is 0.299. The lowest BCUT2D eigenvalue weighted by atomic mass is 10.2. The number of sulfonamides is 1. The summed E-state index contributed by atoms with van der Waals surface area (Å²) in [6, 6.07) is 7.79. The molecular weight excluding hydrogens is 382 g/mol. The molecule has 1 fully saturated rings. The molecule has 1 aromatic carbocycles. The summed E-state index contributed by atoms with van der Waals surface area (Å²) < 4.78 is 22.4. The highest BCUT2D eigenvalue weighted by atomic mass is 32.2. The van der Waals surface area contributed by atoms with Crippen molar-refractivity contribution in [3.63, 3.8) is 0 Å². The second kappa shape index (κ2) is 9.87. The largest absolute Gasteiger partial charge is 0.386 e. The molecule has 9 nitrogen and oxygen atoms in total. The SMILES string of the molecule is N#C/C(=C/NCc1ccc(S(N)(=O)=O)cc1)C(=O)NCCCN1CCCC1=O. The Balaban J connectivity index is 1.76. The zero-order valence-electron chi connectivity index (χ0n) is 15.3. The molecule has 0 aromatic heterocycles. The maximum atomic E-state index is 12.0. The van der Waals surface area contributed by atoms with Gasteiger partial charge in [-0.05, 0) is 30.5 Å². The van der Waals surface area contributed by atoms with Crippen LogP contribution in [0, 0.1) is 11.3 Å². The minimum Gasteiger partial charge on any atom is -0.386 e. The van der Waals surface area contributed by atoms with Crippen LogP contribution in [0.5, 0.6) is 0 Å². The number of likely N-dealkylation sites (tertiary alicyclic amines) is 1. The molecule has 1 saturated heterocycles. The summed E-state index contributed by atoms with van der Waals surface area (Å²) in [4.78, 5) is 25.3. The first-order valence-corrected chi connectivity index (χ1v) is 10.4. The molecule has 1 aromatic rings. The Hall–Kier alpha value is -2.90. The zero-order chi connectivity index (χ0) is 20.6. The van der Waals surface area contributed by atoms with Crippen molar-refractivity contribution in [2.45, 2.75) is 30.7 Å². The van der Waals surface area contributed by atoms with E-state index in [4.69, 9.17) is 10.4 Å². The van der Waals surface area contributed by atoms with Gasteiger partial charge in [0.25, 0.3) is 5.91 Å². The molecule has 0 atom stereocenters. The number of nitriles is 1. The van der Waals surface area contributed by atoms with Gasteiger partial charge < -0.3 is 15.5 Å². The number of primary sulfonamides is 1. The summed E-state index contributed by atoms with van der Waals surface area (Å²) in [5.74, 6) is -0.349. The van der Waals surface area contributed by atoms with E-state index in [1.807, 2.05) is 6.07 Å². The molecule has 10 heteroatoms. The van der Waals surface area contributed by atoms with Crippen LogP contribution in [-0.4, -0.2) is 44.8 Å². The molecule has 0 unspecified atom stereocenters. The number of hydrogen-bond donors (Lipinski definition) is 3. The van der Waals surface area contributed by atoms with Gasteiger partial charge in [-0.3, -0.25) is 9.59 Å². The molecule has 0 bridgehead atoms. The van der Waals surface area contributed by atoms with Gasteiger partial charge in [-0.15, -0.1) is 0 Å². The fourth-order valence-electron chi connectivity index (χ4n) is 2.72. The van der Waals surface area contributed by atoms with Gasteiger partial charge in [0.2, 0.25) is 15.9 Å². The van der Waals surface area contributed by atoms with E-state index in [0.29, 0.717) is 32.5 Å². The fraction of sp³-hybridized carbons (Fsp3) is 0.389. The average Bonchev–Trinajstić information content (AvgIpc) is 3.07. The van der Waals surface area contributed by atoms with Crippen LogP contribution >= 0.6 is 0 Å². The first-order valence-electron chi connectivity index (χ1n) is 8.82. The number of carbonyl (C=O) groups excluding carboxylic acids is 2. The van der Waals surface area contributed by atoms with Gasteiger partial charge in [-0.2, -0.15) is 5.26 Å². The highest BCUT2D eigenvalue weighted by Gasteiger charge is 2.19. The smallest absolute Gasteiger partial charge is 0.263 e. The van der Waals surface area contributed by atoms with Crippen molar-refractivity contribution < 1.29 is 18.0 Å². The molecular formula is C18H23N5O4S. The van der Waals surface area contributed by atoms with E-state index in [-0.39, 0.29) is 16.4 Å². The van der Waals surface area contributed by atoms with Crippen LogP contribution in [0.25, 0.3) is 0 Å². The second-order valence-electron chi connectivity index (χ2n) is 6.33. The van der Waals surface area contributed by atoms with Crippen LogP contribution in [0.3, 0.4) is 0 Å². The summed E-state index contributed by atoms with van der Waals surface area (Å²) in [5, 5.41) is 19.7. The lowest BCUT2D eigenvalue weighted by Gasteiger charge is -2.15. The van der Waals surface area contributed by atoms with Crippen LogP contribution in [0.1, 0.15) is 24.8 Å². The zero-order valence-corrected chi connectivity index (χ0v) is 16.2. The Morgan fingerprint density at radius 1 is 1.32 bits per heavy atom. The van der Waals surface area contributed by atoms with Gasteiger partial charge in [-0.1, -0.05) is 12.1 Å². The minimum absolute atomic E-state index is 0.0134. The van der Waals surface area contributed by atoms with Crippen LogP contribution in [0.15, 0.2) is 40.9 Å². The molecule has 2 rings (SSSR count). The summed E-state index contributed by atoms with van der Waals surface area (Å²) in [6.07, 6.45) is 3.40. The Morgan fingerprint density at radius 3 is 2.61 bits per heavy atom. The molecule has 28 heavy (non-hydrogen) atoms. The van der Waals surface area contributed by atoms with Gasteiger partial charge in [0.05, 0.1) is 4.90 Å². The Morgan fingerprint density at radius 2 is 2.04 bits per heavy atom. The number of benzene rings is 1. The summed E-state index contributed by atoms with van der Waals surface area (Å²) in [7, 11) is -3.74. The lowest BCUT2D eigenvalue weighted by Crippen LogP contribution is -2.31. The van der Waals surface area contributed by atoms with E-state index < -0.39 is 15.9 Å². The van der Waals surface area contributed by atoms with E-state index in [0.717, 1.165) is 18.5 Å². The number of hydrogen-bond acceptors (Lipinski definition) is 6. The molecule has 0 aliphatic carbocycles. The minimum atomic E-state index is -3.74. The summed E-state index contributed by atoms with van der Waals surface area (Å²) in [6.45, 7) is 2.03. The van der Waals surface area contributed by atoms with E-state index in [2.05, 4.69) is 10.6 Å². The summed E-state index contributed by atoms with van der Waals surface area (Å²) >= 11 is 0. The van der Waals surface area contributed by atoms with E-state index in [9.17, 15) is 18.0 Å². The molecule has 150 valence electrons. The van der Waals surface area contributed by atoms with Gasteiger partial charge in [0.1, 0.15) is 11.6 Å². The second-order valence-corrected chi connectivity index (χ2v) is 7.89. The Kier molecular flexibility index (Phi) is 7.54. The van der Waals surface area contributed by atoms with Gasteiger partial charge in [0.15, 0.2) is 0 Å². The predicted molar refractivity (Wildman–Crippen MR) is 102 cm³/mol. The molecule has 0 spiro atoms. The molecule has 1 aliphatic rings. The first kappa shape index (κ1) is 21.4. The predicted octanol–water partition coefficient (Wildman–Crippen LogP) is -0.0402. The van der Waals surface area contributed by atoms with Crippen molar-refractivity contribution in [3.05, 3.63) is 41.6 Å². The maximum Gasteiger partial charge on any atom is 0.263 e. The highest BCUT2D eigenvalue weighted by Crippen LogP contribution is 2.10. The number of carbonyl (C=O) groups is 2. The van der Waals surface area contributed by atoms with Crippen molar-refractivity contribution in [3.8, 4) is 6.07 Å². The van der Waals surface area contributed by atoms with Crippen LogP contribution in [0.2, 0.25) is 0 Å². The standard InChI is InChI=1S/C18H23N5O4S/c19-11-15(18(25)22-8-2-10-23-9-1-3-17(23)24)13-21-12-14-4-6-16(7-5-14)28(20,26)27/h4-7,13,21H,1-3,8-10,12H2,(H,22,25)(H2,20,26,27)/b15-13-. The normalized spacial score (nSPS) is 14.6. The van der Waals surface area contributed by atoms with Gasteiger partial charge in [0, 0.05) is 38.8 Å². The van der Waals surface area contributed by atoms with Crippen LogP contribution in [-0.2, 0) is 26.2 Å². The number of nitrogens with zero attached hydrogens (tertiary/aromatic N) is 2. The highest BCUT2D eigenvalue weighted by molar-refractivity contribution is 7.89. The van der Waals surface area contributed by atoms with E-state index in [1.165, 1.54) is 18.3 Å². The van der Waals surface area contributed by atoms with Crippen molar-refractivity contribution in [1.82, 2.24) is 15.5 Å². The monoisotopic (exact) mass is 405 g/mol. The number of nitrogens with one attached hydrogen (secondary N) is 2. The first-order chi connectivity index (χ1) is 13.3. The fourth-order valence-corrected chi connectivity index (χ4v) is 3.24. The maximum absolute atomic E-state index is 12.0. The number of amides is 2. The molecule has 1 aliphatic heterocycles. The topological polar surface area (TPSA) is 145 Å². The Labute approximate surface area is 164 Å². The van der Waals surface area contributed by atoms with Crippen molar-refractivity contribution in [2.24, 2.45) is 5.14 Å². The third-order valence-electron chi connectivity index (χ3n) is 4.23. The molecule has 0 radical (unpaired) electrons. The van der Waals surface area contributed by atoms with Crippen LogP contribution < -0.4 is 15.8 Å². The molecule has 2 amide bonds. The number of rotatable bonds is 9. The van der Waals surface area contributed by atoms with E-state index >= 15 is 0 Å². The van der Waals surface area contributed by atoms with Crippen molar-refractivity contribution >= 4 is 21.8 Å². The Bertz CT molecular complexity index is 888. The third-order valence-corrected chi connectivity index (χ3v) is 5.16. The van der Waals surface area contributed by atoms with E-state index in [1.54, 1.807) is 17.0 Å². The third kappa shape index (κ3) is 6.37. The lowest BCUT2D eigenvalue weighted by molar-refractivity contribution is -0.127. The van der Waals surface area contributed by atoms with Crippen molar-refractivity contribution in [2.75, 3.05) is 19.6 Å².